The Kier molecular flexibility index (Phi) is 10.2. The van der Waals surface area contributed by atoms with E-state index in [1.807, 2.05) is 6.92 Å². The Bertz CT molecular complexity index is 763. The molecule has 0 spiro atoms. The Labute approximate surface area is 172 Å². The van der Waals surface area contributed by atoms with Crippen molar-refractivity contribution in [2.45, 2.75) is 13.3 Å². The first kappa shape index (κ1) is 24.7. The maximum absolute atomic E-state index is 11.7. The molecule has 0 aliphatic rings. The molecule has 150 valence electrons. The number of benzene rings is 1. The van der Waals surface area contributed by atoms with Gasteiger partial charge in [0.2, 0.25) is 20.0 Å². The third-order valence-corrected chi connectivity index (χ3v) is 6.08. The van der Waals surface area contributed by atoms with E-state index in [9.17, 15) is 16.8 Å². The summed E-state index contributed by atoms with van der Waals surface area (Å²) in [6, 6.07) is 5.71. The van der Waals surface area contributed by atoms with E-state index in [4.69, 9.17) is 10.5 Å². The molecule has 0 aromatic heterocycles. The molecular weight excluding hydrogens is 495 g/mol. The van der Waals surface area contributed by atoms with Crippen molar-refractivity contribution in [3.8, 4) is 5.75 Å². The number of nitrogens with one attached hydrogen (secondary N) is 1. The third-order valence-electron chi connectivity index (χ3n) is 2.83. The van der Waals surface area contributed by atoms with E-state index in [-0.39, 0.29) is 29.7 Å². The van der Waals surface area contributed by atoms with Gasteiger partial charge in [-0.1, -0.05) is 6.92 Å². The Morgan fingerprint density at radius 2 is 1.69 bits per heavy atom. The standard InChI is InChI=1S/C14H24N4O5S2.HI/c1-4-9-16-14(15)17-10-11-23-13-7-5-12(6-8-13)18(24(2,19)20)25(3,21)22;/h5-8H,4,9-11H2,1-3H3,(H3,15,16,17);1H. The minimum atomic E-state index is -3.96. The predicted molar refractivity (Wildman–Crippen MR) is 114 cm³/mol. The zero-order valence-corrected chi connectivity index (χ0v) is 18.8. The van der Waals surface area contributed by atoms with Crippen molar-refractivity contribution in [1.29, 1.82) is 0 Å². The molecule has 1 rings (SSSR count). The summed E-state index contributed by atoms with van der Waals surface area (Å²) in [6.07, 6.45) is 2.56. The zero-order valence-electron chi connectivity index (χ0n) is 14.9. The molecule has 0 saturated heterocycles. The van der Waals surface area contributed by atoms with Crippen LogP contribution in [0.2, 0.25) is 0 Å². The van der Waals surface area contributed by atoms with E-state index in [0.29, 0.717) is 35.1 Å². The van der Waals surface area contributed by atoms with Crippen LogP contribution in [0.5, 0.6) is 5.75 Å². The predicted octanol–water partition coefficient (Wildman–Crippen LogP) is 0.723. The molecule has 0 saturated carbocycles. The number of anilines is 1. The second kappa shape index (κ2) is 10.8. The van der Waals surface area contributed by atoms with Gasteiger partial charge in [0.25, 0.3) is 0 Å². The molecule has 0 radical (unpaired) electrons. The summed E-state index contributed by atoms with van der Waals surface area (Å²) in [4.78, 5) is 4.07. The van der Waals surface area contributed by atoms with Gasteiger partial charge in [-0.25, -0.2) is 16.8 Å². The lowest BCUT2D eigenvalue weighted by Crippen LogP contribution is -2.35. The maximum atomic E-state index is 11.7. The van der Waals surface area contributed by atoms with Gasteiger partial charge >= 0.3 is 0 Å². The van der Waals surface area contributed by atoms with Gasteiger partial charge in [-0.3, -0.25) is 4.99 Å². The van der Waals surface area contributed by atoms with Crippen LogP contribution in [0.25, 0.3) is 0 Å². The first-order valence-electron chi connectivity index (χ1n) is 7.53. The van der Waals surface area contributed by atoms with Crippen LogP contribution in [0.4, 0.5) is 5.69 Å². The number of sulfonamides is 2. The molecule has 9 nitrogen and oxygen atoms in total. The van der Waals surface area contributed by atoms with Crippen molar-refractivity contribution in [3.05, 3.63) is 24.3 Å². The van der Waals surface area contributed by atoms with Crippen molar-refractivity contribution in [3.63, 3.8) is 0 Å². The largest absolute Gasteiger partial charge is 0.492 e. The van der Waals surface area contributed by atoms with Gasteiger partial charge in [0.05, 0.1) is 24.7 Å². The molecule has 3 N–H and O–H groups in total. The van der Waals surface area contributed by atoms with E-state index in [1.54, 1.807) is 0 Å². The highest BCUT2D eigenvalue weighted by molar-refractivity contribution is 14.0. The molecule has 12 heteroatoms. The Morgan fingerprint density at radius 3 is 2.15 bits per heavy atom. The first-order chi connectivity index (χ1) is 11.6. The van der Waals surface area contributed by atoms with Gasteiger partial charge in [-0.05, 0) is 30.7 Å². The molecule has 26 heavy (non-hydrogen) atoms. The van der Waals surface area contributed by atoms with Crippen LogP contribution >= 0.6 is 24.0 Å². The van der Waals surface area contributed by atoms with Crippen molar-refractivity contribution in [1.82, 2.24) is 5.32 Å². The highest BCUT2D eigenvalue weighted by Crippen LogP contribution is 2.23. The highest BCUT2D eigenvalue weighted by atomic mass is 127. The molecule has 0 unspecified atom stereocenters. The number of ether oxygens (including phenoxy) is 1. The van der Waals surface area contributed by atoms with E-state index in [1.165, 1.54) is 24.3 Å². The van der Waals surface area contributed by atoms with Crippen LogP contribution in [0, 0.1) is 0 Å². The van der Waals surface area contributed by atoms with Crippen LogP contribution in [-0.4, -0.2) is 55.0 Å². The van der Waals surface area contributed by atoms with Gasteiger partial charge < -0.3 is 15.8 Å². The second-order valence-electron chi connectivity index (χ2n) is 5.26. The molecule has 0 atom stereocenters. The molecule has 1 aromatic carbocycles. The fourth-order valence-corrected chi connectivity index (χ4v) is 4.91. The lowest BCUT2D eigenvalue weighted by molar-refractivity contribution is 0.322. The van der Waals surface area contributed by atoms with Gasteiger partial charge in [0.15, 0.2) is 5.96 Å². The lowest BCUT2D eigenvalue weighted by Gasteiger charge is -2.19. The lowest BCUT2D eigenvalue weighted by atomic mass is 10.3. The number of rotatable bonds is 9. The molecule has 0 aliphatic carbocycles. The number of hydrogen-bond donors (Lipinski definition) is 2. The summed E-state index contributed by atoms with van der Waals surface area (Å²) in [7, 11) is -7.92. The fourth-order valence-electron chi connectivity index (χ4n) is 1.93. The zero-order chi connectivity index (χ0) is 19.1. The van der Waals surface area contributed by atoms with Crippen molar-refractivity contribution < 1.29 is 21.6 Å². The van der Waals surface area contributed by atoms with E-state index < -0.39 is 20.0 Å². The smallest absolute Gasteiger partial charge is 0.245 e. The molecule has 0 bridgehead atoms. The Balaban J connectivity index is 0.00000625. The van der Waals surface area contributed by atoms with Gasteiger partial charge in [-0.15, -0.1) is 24.0 Å². The maximum Gasteiger partial charge on any atom is 0.245 e. The van der Waals surface area contributed by atoms with Gasteiger partial charge in [0.1, 0.15) is 12.4 Å². The highest BCUT2D eigenvalue weighted by Gasteiger charge is 2.27. The topological polar surface area (TPSA) is 131 Å². The fraction of sp³-hybridized carbons (Fsp3) is 0.500. The van der Waals surface area contributed by atoms with Gasteiger partial charge in [-0.2, -0.15) is 3.71 Å². The van der Waals surface area contributed by atoms with Crippen LogP contribution in [0.1, 0.15) is 13.3 Å². The molecule has 0 heterocycles. The van der Waals surface area contributed by atoms with E-state index >= 15 is 0 Å². The first-order valence-corrected chi connectivity index (χ1v) is 11.2. The molecule has 0 fully saturated rings. The SMILES string of the molecule is CCCN=C(N)NCCOc1ccc(N(S(C)(=O)=O)S(C)(=O)=O)cc1.I. The summed E-state index contributed by atoms with van der Waals surface area (Å²) in [5.41, 5.74) is 5.66. The molecular formula is C14H25IN4O5S2. The number of guanidine groups is 1. The average Bonchev–Trinajstić information content (AvgIpc) is 2.48. The quantitative estimate of drug-likeness (QED) is 0.212. The number of nitrogens with zero attached hydrogens (tertiary/aromatic N) is 2. The van der Waals surface area contributed by atoms with Crippen LogP contribution in [-0.2, 0) is 20.0 Å². The van der Waals surface area contributed by atoms with Crippen molar-refractivity contribution >= 4 is 55.7 Å². The van der Waals surface area contributed by atoms with Crippen LogP contribution in [0.3, 0.4) is 0 Å². The van der Waals surface area contributed by atoms with E-state index in [0.717, 1.165) is 18.9 Å². The summed E-state index contributed by atoms with van der Waals surface area (Å²) in [6.45, 7) is 3.40. The van der Waals surface area contributed by atoms with Crippen LogP contribution in [0.15, 0.2) is 29.3 Å². The minimum Gasteiger partial charge on any atom is -0.492 e. The summed E-state index contributed by atoms with van der Waals surface area (Å²) in [5.74, 6) is 0.814. The number of aliphatic imine (C=N–C) groups is 1. The Morgan fingerprint density at radius 1 is 1.15 bits per heavy atom. The molecule has 1 aromatic rings. The second-order valence-corrected chi connectivity index (χ2v) is 9.15. The van der Waals surface area contributed by atoms with E-state index in [2.05, 4.69) is 10.3 Å². The number of nitrogens with two attached hydrogens (primary N) is 1. The minimum absolute atomic E-state index is 0. The summed E-state index contributed by atoms with van der Waals surface area (Å²) in [5, 5.41) is 2.89. The average molecular weight is 520 g/mol. The Hall–Kier alpha value is -1.28. The summed E-state index contributed by atoms with van der Waals surface area (Å²) < 4.78 is 52.6. The normalized spacial score (nSPS) is 12.2. The molecule has 0 amide bonds. The number of halogens is 1. The van der Waals surface area contributed by atoms with Crippen LogP contribution < -0.4 is 19.5 Å². The van der Waals surface area contributed by atoms with Gasteiger partial charge in [0, 0.05) is 6.54 Å². The number of hydrogen-bond acceptors (Lipinski definition) is 6. The monoisotopic (exact) mass is 520 g/mol. The van der Waals surface area contributed by atoms with Crippen molar-refractivity contribution in [2.24, 2.45) is 10.7 Å². The van der Waals surface area contributed by atoms with Crippen molar-refractivity contribution in [2.75, 3.05) is 35.9 Å². The molecule has 0 aliphatic heterocycles. The summed E-state index contributed by atoms with van der Waals surface area (Å²) >= 11 is 0. The third kappa shape index (κ3) is 8.40.